The molecule has 0 spiro atoms. The largest absolute Gasteiger partial charge is 0.411 e. The van der Waals surface area contributed by atoms with E-state index in [9.17, 15) is 4.79 Å². The highest BCUT2D eigenvalue weighted by Gasteiger charge is 2.13. The number of thioether (sulfide) groups is 1. The van der Waals surface area contributed by atoms with Crippen molar-refractivity contribution in [1.82, 2.24) is 15.2 Å². The maximum atomic E-state index is 12.3. The van der Waals surface area contributed by atoms with Gasteiger partial charge >= 0.3 is 0 Å². The van der Waals surface area contributed by atoms with Crippen molar-refractivity contribution in [3.63, 3.8) is 0 Å². The van der Waals surface area contributed by atoms with Crippen molar-refractivity contribution >= 4 is 23.4 Å². The molecular formula is C18H18N4O2S. The minimum absolute atomic E-state index is 0.0994. The molecule has 1 amide bonds. The smallest absolute Gasteiger partial charge is 0.277 e. The topological polar surface area (TPSA) is 80.9 Å². The van der Waals surface area contributed by atoms with Gasteiger partial charge in [-0.1, -0.05) is 36.9 Å². The molecule has 0 radical (unpaired) electrons. The third-order valence-corrected chi connectivity index (χ3v) is 4.48. The second kappa shape index (κ2) is 7.94. The minimum atomic E-state index is -0.0994. The Labute approximate surface area is 150 Å². The normalized spacial score (nSPS) is 10.6. The lowest BCUT2D eigenvalue weighted by Gasteiger charge is -2.12. The Morgan fingerprint density at radius 1 is 1.20 bits per heavy atom. The van der Waals surface area contributed by atoms with E-state index in [1.165, 1.54) is 11.8 Å². The summed E-state index contributed by atoms with van der Waals surface area (Å²) >= 11 is 1.21. The molecule has 0 aliphatic rings. The summed E-state index contributed by atoms with van der Waals surface area (Å²) in [5.41, 5.74) is 3.86. The monoisotopic (exact) mass is 354 g/mol. The minimum Gasteiger partial charge on any atom is -0.411 e. The van der Waals surface area contributed by atoms with Crippen molar-refractivity contribution in [3.8, 4) is 11.5 Å². The number of hydrogen-bond acceptors (Lipinski definition) is 6. The summed E-state index contributed by atoms with van der Waals surface area (Å²) in [5, 5.41) is 11.3. The number of benzene rings is 1. The van der Waals surface area contributed by atoms with Crippen molar-refractivity contribution in [2.75, 3.05) is 11.1 Å². The SMILES string of the molecule is CCc1cccc(C)c1NC(=O)CSc1nnc(-c2ccncc2)o1. The molecule has 0 fully saturated rings. The average Bonchev–Trinajstić information content (AvgIpc) is 3.11. The number of carbonyl (C=O) groups is 1. The predicted octanol–water partition coefficient (Wildman–Crippen LogP) is 3.73. The Morgan fingerprint density at radius 2 is 2.00 bits per heavy atom. The number of aromatic nitrogens is 3. The number of nitrogens with zero attached hydrogens (tertiary/aromatic N) is 3. The highest BCUT2D eigenvalue weighted by Crippen LogP contribution is 2.24. The lowest BCUT2D eigenvalue weighted by atomic mass is 10.1. The highest BCUT2D eigenvalue weighted by molar-refractivity contribution is 7.99. The van der Waals surface area contributed by atoms with E-state index in [4.69, 9.17) is 4.42 Å². The Bertz CT molecular complexity index is 865. The molecule has 7 heteroatoms. The Balaban J connectivity index is 1.61. The number of rotatable bonds is 6. The zero-order valence-electron chi connectivity index (χ0n) is 14.0. The van der Waals surface area contributed by atoms with E-state index < -0.39 is 0 Å². The van der Waals surface area contributed by atoms with E-state index in [2.05, 4.69) is 27.4 Å². The molecule has 0 saturated carbocycles. The lowest BCUT2D eigenvalue weighted by Crippen LogP contribution is -2.16. The second-order valence-corrected chi connectivity index (χ2v) is 6.34. The zero-order chi connectivity index (χ0) is 17.6. The van der Waals surface area contributed by atoms with E-state index in [0.717, 1.165) is 28.8 Å². The van der Waals surface area contributed by atoms with Crippen LogP contribution in [0.25, 0.3) is 11.5 Å². The van der Waals surface area contributed by atoms with Gasteiger partial charge in [-0.05, 0) is 36.6 Å². The first-order valence-electron chi connectivity index (χ1n) is 7.92. The molecule has 0 saturated heterocycles. The molecule has 3 aromatic rings. The third kappa shape index (κ3) is 4.24. The van der Waals surface area contributed by atoms with Gasteiger partial charge in [0.05, 0.1) is 5.75 Å². The van der Waals surface area contributed by atoms with E-state index in [0.29, 0.717) is 11.1 Å². The average molecular weight is 354 g/mol. The Morgan fingerprint density at radius 3 is 2.76 bits per heavy atom. The molecule has 0 unspecified atom stereocenters. The van der Waals surface area contributed by atoms with Crippen LogP contribution >= 0.6 is 11.8 Å². The van der Waals surface area contributed by atoms with Crippen LogP contribution in [0.2, 0.25) is 0 Å². The number of hydrogen-bond donors (Lipinski definition) is 1. The molecular weight excluding hydrogens is 336 g/mol. The fourth-order valence-corrected chi connectivity index (χ4v) is 2.95. The molecule has 1 aromatic carbocycles. The first kappa shape index (κ1) is 17.2. The molecule has 2 aromatic heterocycles. The summed E-state index contributed by atoms with van der Waals surface area (Å²) < 4.78 is 5.57. The van der Waals surface area contributed by atoms with Gasteiger partial charge in [-0.3, -0.25) is 9.78 Å². The number of carbonyl (C=O) groups excluding carboxylic acids is 1. The lowest BCUT2D eigenvalue weighted by molar-refractivity contribution is -0.113. The maximum Gasteiger partial charge on any atom is 0.277 e. The van der Waals surface area contributed by atoms with Gasteiger partial charge in [0, 0.05) is 23.6 Å². The van der Waals surface area contributed by atoms with Crippen LogP contribution in [0.4, 0.5) is 5.69 Å². The highest BCUT2D eigenvalue weighted by atomic mass is 32.2. The summed E-state index contributed by atoms with van der Waals surface area (Å²) in [5.74, 6) is 0.519. The molecule has 0 bridgehead atoms. The number of amides is 1. The number of nitrogens with one attached hydrogen (secondary N) is 1. The van der Waals surface area contributed by atoms with Gasteiger partial charge < -0.3 is 9.73 Å². The Kier molecular flexibility index (Phi) is 5.45. The van der Waals surface area contributed by atoms with Gasteiger partial charge in [-0.2, -0.15) is 0 Å². The number of anilines is 1. The molecule has 2 heterocycles. The predicted molar refractivity (Wildman–Crippen MR) is 97.4 cm³/mol. The summed E-state index contributed by atoms with van der Waals surface area (Å²) in [4.78, 5) is 16.2. The molecule has 0 aliphatic carbocycles. The standard InChI is InChI=1S/C18H18N4O2S/c1-3-13-6-4-5-12(2)16(13)20-15(23)11-25-18-22-21-17(24-18)14-7-9-19-10-8-14/h4-10H,3,11H2,1-2H3,(H,20,23). The van der Waals surface area contributed by atoms with Gasteiger partial charge in [0.1, 0.15) is 0 Å². The zero-order valence-corrected chi connectivity index (χ0v) is 14.8. The van der Waals surface area contributed by atoms with Crippen LogP contribution in [0.1, 0.15) is 18.1 Å². The van der Waals surface area contributed by atoms with Crippen molar-refractivity contribution in [2.45, 2.75) is 25.5 Å². The number of pyridine rings is 1. The van der Waals surface area contributed by atoms with E-state index in [1.54, 1.807) is 24.5 Å². The van der Waals surface area contributed by atoms with Gasteiger partial charge in [0.25, 0.3) is 5.22 Å². The van der Waals surface area contributed by atoms with Crippen molar-refractivity contribution < 1.29 is 9.21 Å². The van der Waals surface area contributed by atoms with Gasteiger partial charge in [0.2, 0.25) is 11.8 Å². The molecule has 0 atom stereocenters. The second-order valence-electron chi connectivity index (χ2n) is 5.41. The van der Waals surface area contributed by atoms with Crippen molar-refractivity contribution in [3.05, 3.63) is 53.9 Å². The fourth-order valence-electron chi connectivity index (χ4n) is 2.38. The van der Waals surface area contributed by atoms with Gasteiger partial charge in [-0.25, -0.2) is 0 Å². The molecule has 6 nitrogen and oxygen atoms in total. The quantitative estimate of drug-likeness (QED) is 0.679. The molecule has 25 heavy (non-hydrogen) atoms. The van der Waals surface area contributed by atoms with Crippen LogP contribution in [0.15, 0.2) is 52.4 Å². The third-order valence-electron chi connectivity index (χ3n) is 3.66. The first-order valence-corrected chi connectivity index (χ1v) is 8.91. The van der Waals surface area contributed by atoms with Crippen molar-refractivity contribution in [2.24, 2.45) is 0 Å². The fraction of sp³-hybridized carbons (Fsp3) is 0.222. The van der Waals surface area contributed by atoms with E-state index >= 15 is 0 Å². The van der Waals surface area contributed by atoms with E-state index in [-0.39, 0.29) is 11.7 Å². The molecule has 0 aliphatic heterocycles. The number of aryl methyl sites for hydroxylation is 2. The van der Waals surface area contributed by atoms with Crippen LogP contribution in [-0.2, 0) is 11.2 Å². The van der Waals surface area contributed by atoms with Gasteiger partial charge in [0.15, 0.2) is 0 Å². The van der Waals surface area contributed by atoms with Crippen molar-refractivity contribution in [1.29, 1.82) is 0 Å². The maximum absolute atomic E-state index is 12.3. The van der Waals surface area contributed by atoms with Crippen LogP contribution in [0, 0.1) is 6.92 Å². The van der Waals surface area contributed by atoms with Crippen LogP contribution in [0.3, 0.4) is 0 Å². The van der Waals surface area contributed by atoms with Gasteiger partial charge in [-0.15, -0.1) is 10.2 Å². The van der Waals surface area contributed by atoms with E-state index in [1.807, 2.05) is 25.1 Å². The number of para-hydroxylation sites is 1. The first-order chi connectivity index (χ1) is 12.2. The van der Waals surface area contributed by atoms with Crippen LogP contribution in [0.5, 0.6) is 0 Å². The van der Waals surface area contributed by atoms with Crippen LogP contribution < -0.4 is 5.32 Å². The summed E-state index contributed by atoms with van der Waals surface area (Å²) in [7, 11) is 0. The molecule has 3 rings (SSSR count). The summed E-state index contributed by atoms with van der Waals surface area (Å²) in [6.07, 6.45) is 4.18. The molecule has 128 valence electrons. The summed E-state index contributed by atoms with van der Waals surface area (Å²) in [6, 6.07) is 9.59. The molecule has 1 N–H and O–H groups in total. The Hall–Kier alpha value is -2.67. The summed E-state index contributed by atoms with van der Waals surface area (Å²) in [6.45, 7) is 4.05. The van der Waals surface area contributed by atoms with Crippen LogP contribution in [-0.4, -0.2) is 26.8 Å².